The van der Waals surface area contributed by atoms with Gasteiger partial charge in [0.15, 0.2) is 18.3 Å². The summed E-state index contributed by atoms with van der Waals surface area (Å²) < 4.78 is 13.0. The molecule has 0 amide bonds. The third-order valence-electron chi connectivity index (χ3n) is 4.53. The largest absolute Gasteiger partial charge is 0.502 e. The first-order chi connectivity index (χ1) is 13.9. The van der Waals surface area contributed by atoms with E-state index in [9.17, 15) is 4.79 Å². The molecule has 7 nitrogen and oxygen atoms in total. The Kier molecular flexibility index (Phi) is 4.74. The van der Waals surface area contributed by atoms with E-state index >= 15 is 0 Å². The van der Waals surface area contributed by atoms with Gasteiger partial charge in [0.05, 0.1) is 16.8 Å². The van der Waals surface area contributed by atoms with Crippen LogP contribution in [0, 0.1) is 0 Å². The van der Waals surface area contributed by atoms with Crippen LogP contribution < -0.4 is 4.74 Å². The zero-order chi connectivity index (χ0) is 20.6. The number of rotatable bonds is 6. The molecule has 0 aliphatic rings. The summed E-state index contributed by atoms with van der Waals surface area (Å²) in [6.45, 7) is 4.02. The third kappa shape index (κ3) is 3.33. The van der Waals surface area contributed by atoms with Gasteiger partial charge in [0.25, 0.3) is 0 Å². The Morgan fingerprint density at radius 1 is 1.17 bits per heavy atom. The molecule has 0 N–H and O–H groups in total. The predicted octanol–water partition coefficient (Wildman–Crippen LogP) is 3.01. The highest BCUT2D eigenvalue weighted by atomic mass is 16.5. The SMILES string of the molecule is [B]C([B])(Oc1ccc2ncoc2c1C=O)c1cccnc1-c1ccnn1C(C)C. The molecular weight excluding hydrogens is 366 g/mol. The highest BCUT2D eigenvalue weighted by Gasteiger charge is 2.29. The molecule has 0 fully saturated rings. The Bertz CT molecular complexity index is 1180. The first kappa shape index (κ1) is 19.0. The first-order valence-electron chi connectivity index (χ1n) is 9.00. The second-order valence-corrected chi connectivity index (χ2v) is 6.85. The van der Waals surface area contributed by atoms with E-state index in [2.05, 4.69) is 15.1 Å². The molecule has 3 heterocycles. The minimum Gasteiger partial charge on any atom is -0.502 e. The van der Waals surface area contributed by atoms with E-state index in [0.717, 1.165) is 5.69 Å². The number of benzene rings is 1. The van der Waals surface area contributed by atoms with Crippen molar-refractivity contribution in [1.29, 1.82) is 0 Å². The second-order valence-electron chi connectivity index (χ2n) is 6.85. The van der Waals surface area contributed by atoms with Crippen molar-refractivity contribution in [3.63, 3.8) is 0 Å². The van der Waals surface area contributed by atoms with Gasteiger partial charge in [0, 0.05) is 24.0 Å². The number of hydrogen-bond acceptors (Lipinski definition) is 6. The van der Waals surface area contributed by atoms with Crippen LogP contribution in [0.25, 0.3) is 22.5 Å². The molecule has 0 spiro atoms. The highest BCUT2D eigenvalue weighted by molar-refractivity contribution is 6.39. The average molecular weight is 382 g/mol. The summed E-state index contributed by atoms with van der Waals surface area (Å²) in [5, 5.41) is 2.57. The van der Waals surface area contributed by atoms with Crippen molar-refractivity contribution in [3.8, 4) is 17.1 Å². The zero-order valence-electron chi connectivity index (χ0n) is 15.9. The van der Waals surface area contributed by atoms with Crippen LogP contribution in [-0.4, -0.2) is 41.7 Å². The number of carbonyl (C=O) groups excluding carboxylic acids is 1. The standard InChI is InChI=1S/C20H16B2N4O3/c1-12(2)26-16(7-9-25-26)18-14(4-3-8-23-18)20(21,22)29-17-6-5-15-19(13(17)10-27)28-11-24-15/h3-12H,1-2H3. The van der Waals surface area contributed by atoms with Crippen LogP contribution in [-0.2, 0) is 5.40 Å². The number of ether oxygens (including phenoxy) is 1. The molecule has 0 unspecified atom stereocenters. The van der Waals surface area contributed by atoms with E-state index in [0.29, 0.717) is 28.6 Å². The number of aromatic nitrogens is 4. The van der Waals surface area contributed by atoms with E-state index in [1.54, 1.807) is 36.7 Å². The molecule has 0 bridgehead atoms. The lowest BCUT2D eigenvalue weighted by molar-refractivity contribution is 0.111. The van der Waals surface area contributed by atoms with E-state index < -0.39 is 5.40 Å². The van der Waals surface area contributed by atoms with E-state index in [4.69, 9.17) is 24.8 Å². The zero-order valence-corrected chi connectivity index (χ0v) is 15.9. The molecule has 1 aromatic carbocycles. The molecule has 0 saturated heterocycles. The van der Waals surface area contributed by atoms with Crippen molar-refractivity contribution in [3.05, 3.63) is 60.2 Å². The van der Waals surface area contributed by atoms with Crippen molar-refractivity contribution in [2.45, 2.75) is 25.3 Å². The lowest BCUT2D eigenvalue weighted by Gasteiger charge is -2.30. The summed E-state index contributed by atoms with van der Waals surface area (Å²) in [6.07, 6.45) is 5.21. The summed E-state index contributed by atoms with van der Waals surface area (Å²) in [5.41, 5.74) is 2.74. The topological polar surface area (TPSA) is 83.0 Å². The van der Waals surface area contributed by atoms with Crippen LogP contribution in [0.15, 0.2) is 53.5 Å². The van der Waals surface area contributed by atoms with Crippen molar-refractivity contribution < 1.29 is 13.9 Å². The molecule has 29 heavy (non-hydrogen) atoms. The summed E-state index contributed by atoms with van der Waals surface area (Å²) in [5.74, 6) is 0.182. The predicted molar refractivity (Wildman–Crippen MR) is 109 cm³/mol. The van der Waals surface area contributed by atoms with Gasteiger partial charge >= 0.3 is 0 Å². The molecule has 4 radical (unpaired) electrons. The molecule has 4 rings (SSSR count). The Morgan fingerprint density at radius 3 is 2.76 bits per heavy atom. The first-order valence-corrected chi connectivity index (χ1v) is 9.00. The van der Waals surface area contributed by atoms with Crippen LogP contribution in [0.1, 0.15) is 35.8 Å². The summed E-state index contributed by atoms with van der Waals surface area (Å²) in [7, 11) is 12.7. The fraction of sp³-hybridized carbons (Fsp3) is 0.200. The van der Waals surface area contributed by atoms with Gasteiger partial charge in [0.2, 0.25) is 0 Å². The van der Waals surface area contributed by atoms with Crippen molar-refractivity contribution in [1.82, 2.24) is 19.7 Å². The van der Waals surface area contributed by atoms with Gasteiger partial charge in [-0.25, -0.2) is 4.98 Å². The van der Waals surface area contributed by atoms with Crippen molar-refractivity contribution in [2.75, 3.05) is 0 Å². The summed E-state index contributed by atoms with van der Waals surface area (Å²) in [4.78, 5) is 20.2. The Hall–Kier alpha value is -3.35. The van der Waals surface area contributed by atoms with Gasteiger partial charge in [-0.15, -0.1) is 0 Å². The number of pyridine rings is 1. The average Bonchev–Trinajstić information content (AvgIpc) is 3.37. The van der Waals surface area contributed by atoms with Gasteiger partial charge < -0.3 is 9.15 Å². The van der Waals surface area contributed by atoms with Crippen LogP contribution in [0.2, 0.25) is 0 Å². The summed E-state index contributed by atoms with van der Waals surface area (Å²) in [6, 6.07) is 8.63. The number of hydrogen-bond donors (Lipinski definition) is 0. The fourth-order valence-corrected chi connectivity index (χ4v) is 3.21. The third-order valence-corrected chi connectivity index (χ3v) is 4.53. The maximum atomic E-state index is 11.7. The van der Waals surface area contributed by atoms with E-state index in [1.165, 1.54) is 6.39 Å². The van der Waals surface area contributed by atoms with Gasteiger partial charge in [-0.05, 0) is 38.1 Å². The second kappa shape index (κ2) is 7.24. The number of oxazole rings is 1. The van der Waals surface area contributed by atoms with Crippen LogP contribution in [0.5, 0.6) is 5.75 Å². The van der Waals surface area contributed by atoms with Crippen LogP contribution >= 0.6 is 0 Å². The lowest BCUT2D eigenvalue weighted by atomic mass is 9.60. The minimum atomic E-state index is -1.78. The van der Waals surface area contributed by atoms with Gasteiger partial charge in [0.1, 0.15) is 32.5 Å². The number of carbonyl (C=O) groups is 1. The Morgan fingerprint density at radius 2 is 2.00 bits per heavy atom. The molecular formula is C20H16B2N4O3. The lowest BCUT2D eigenvalue weighted by Crippen LogP contribution is -2.35. The minimum absolute atomic E-state index is 0.108. The number of fused-ring (bicyclic) bond motifs is 1. The molecule has 0 saturated carbocycles. The molecule has 140 valence electrons. The maximum Gasteiger partial charge on any atom is 0.182 e. The van der Waals surface area contributed by atoms with Crippen molar-refractivity contribution >= 4 is 33.1 Å². The van der Waals surface area contributed by atoms with Crippen molar-refractivity contribution in [2.24, 2.45) is 0 Å². The Balaban J connectivity index is 1.79. The summed E-state index contributed by atoms with van der Waals surface area (Å²) >= 11 is 0. The molecule has 0 aliphatic heterocycles. The quantitative estimate of drug-likeness (QED) is 0.377. The maximum absolute atomic E-state index is 11.7. The van der Waals surface area contributed by atoms with Gasteiger partial charge in [-0.3, -0.25) is 14.5 Å². The molecule has 9 heteroatoms. The smallest absolute Gasteiger partial charge is 0.182 e. The van der Waals surface area contributed by atoms with Gasteiger partial charge in [-0.2, -0.15) is 5.10 Å². The number of aldehydes is 1. The molecule has 0 aliphatic carbocycles. The number of nitrogens with zero attached hydrogens (tertiary/aromatic N) is 4. The van der Waals surface area contributed by atoms with Gasteiger partial charge in [-0.1, -0.05) is 6.07 Å². The fourth-order valence-electron chi connectivity index (χ4n) is 3.21. The molecule has 3 aromatic heterocycles. The molecule has 4 aromatic rings. The van der Waals surface area contributed by atoms with Crippen LogP contribution in [0.3, 0.4) is 0 Å². The van der Waals surface area contributed by atoms with E-state index in [1.807, 2.05) is 24.6 Å². The van der Waals surface area contributed by atoms with E-state index in [-0.39, 0.29) is 17.4 Å². The molecule has 0 atom stereocenters. The Labute approximate surface area is 169 Å². The monoisotopic (exact) mass is 382 g/mol. The van der Waals surface area contributed by atoms with Crippen LogP contribution in [0.4, 0.5) is 0 Å². The highest BCUT2D eigenvalue weighted by Crippen LogP contribution is 2.34. The normalized spacial score (nSPS) is 11.8.